The highest BCUT2D eigenvalue weighted by Crippen LogP contribution is 2.25. The van der Waals surface area contributed by atoms with E-state index in [2.05, 4.69) is 25.1 Å². The number of hydrogen-bond acceptors (Lipinski definition) is 6. The molecule has 3 aromatic heterocycles. The van der Waals surface area contributed by atoms with Crippen molar-refractivity contribution in [3.63, 3.8) is 0 Å². The summed E-state index contributed by atoms with van der Waals surface area (Å²) in [5.41, 5.74) is 0.575. The Morgan fingerprint density at radius 3 is 2.58 bits per heavy atom. The molecule has 0 radical (unpaired) electrons. The molecule has 192 valence electrons. The number of aromatic amines is 1. The Labute approximate surface area is 225 Å². The fourth-order valence-corrected chi connectivity index (χ4v) is 5.04. The maximum atomic E-state index is 14.8. The lowest BCUT2D eigenvalue weighted by atomic mass is 10.0. The Bertz CT molecular complexity index is 1760. The SMILES string of the molecule is O=C(c1cc(Cc2n[nH]c(=O)n3c(Cl)c(Cl)nc23)ccc1F)N1CCN(c2cc3ccccc3cn2)CC1. The molecule has 6 rings (SSSR count). The van der Waals surface area contributed by atoms with E-state index in [0.29, 0.717) is 37.4 Å². The number of pyridine rings is 1. The van der Waals surface area contributed by atoms with Crippen molar-refractivity contribution in [1.29, 1.82) is 0 Å². The number of benzene rings is 2. The number of aromatic nitrogens is 5. The van der Waals surface area contributed by atoms with Gasteiger partial charge in [-0.25, -0.2) is 28.7 Å². The van der Waals surface area contributed by atoms with Gasteiger partial charge < -0.3 is 9.80 Å². The van der Waals surface area contributed by atoms with E-state index in [1.54, 1.807) is 11.0 Å². The topological polar surface area (TPSA) is 99.5 Å². The highest BCUT2D eigenvalue weighted by atomic mass is 35.5. The molecule has 1 aliphatic heterocycles. The van der Waals surface area contributed by atoms with Gasteiger partial charge in [0.05, 0.1) is 5.56 Å². The molecular weight excluding hydrogens is 532 g/mol. The molecule has 1 aliphatic rings. The van der Waals surface area contributed by atoms with Crippen LogP contribution in [0.1, 0.15) is 21.6 Å². The Kier molecular flexibility index (Phi) is 6.21. The molecular formula is C26H20Cl2FN7O2. The van der Waals surface area contributed by atoms with Crippen molar-refractivity contribution in [2.24, 2.45) is 0 Å². The van der Waals surface area contributed by atoms with E-state index in [-0.39, 0.29) is 33.8 Å². The number of carbonyl (C=O) groups excluding carboxylic acids is 1. The average molecular weight is 552 g/mol. The van der Waals surface area contributed by atoms with E-state index >= 15 is 0 Å². The summed E-state index contributed by atoms with van der Waals surface area (Å²) in [5, 5.41) is 8.53. The van der Waals surface area contributed by atoms with Crippen molar-refractivity contribution < 1.29 is 9.18 Å². The number of nitrogens with zero attached hydrogens (tertiary/aromatic N) is 6. The molecule has 1 amide bonds. The molecule has 1 fully saturated rings. The Balaban J connectivity index is 1.20. The van der Waals surface area contributed by atoms with Crippen LogP contribution in [-0.2, 0) is 6.42 Å². The normalized spacial score (nSPS) is 14.0. The molecule has 0 saturated carbocycles. The summed E-state index contributed by atoms with van der Waals surface area (Å²) in [6.07, 6.45) is 2.02. The van der Waals surface area contributed by atoms with Crippen LogP contribution in [-0.4, -0.2) is 61.6 Å². The van der Waals surface area contributed by atoms with Gasteiger partial charge in [0.15, 0.2) is 16.0 Å². The van der Waals surface area contributed by atoms with E-state index < -0.39 is 11.5 Å². The number of rotatable bonds is 4. The minimum absolute atomic E-state index is 0.0281. The maximum absolute atomic E-state index is 14.8. The third-order valence-corrected chi connectivity index (χ3v) is 7.38. The van der Waals surface area contributed by atoms with Gasteiger partial charge in [-0.3, -0.25) is 4.79 Å². The van der Waals surface area contributed by atoms with Crippen molar-refractivity contribution in [1.82, 2.24) is 29.5 Å². The number of anilines is 1. The van der Waals surface area contributed by atoms with Crippen LogP contribution in [0.2, 0.25) is 10.3 Å². The standard InChI is InChI=1S/C26H20Cl2FN7O2/c27-22-23(28)36-24(31-22)20(32-33-26(36)38)12-15-5-6-19(29)18(11-15)25(37)35-9-7-34(8-10-35)21-13-16-3-1-2-4-17(16)14-30-21/h1-6,11,13-14H,7-10,12H2,(H,33,38). The molecule has 0 spiro atoms. The predicted molar refractivity (Wildman–Crippen MR) is 143 cm³/mol. The molecule has 0 bridgehead atoms. The second-order valence-electron chi connectivity index (χ2n) is 8.99. The summed E-state index contributed by atoms with van der Waals surface area (Å²) in [6, 6.07) is 14.4. The highest BCUT2D eigenvalue weighted by molar-refractivity contribution is 6.40. The summed E-state index contributed by atoms with van der Waals surface area (Å²) in [7, 11) is 0. The van der Waals surface area contributed by atoms with Gasteiger partial charge in [-0.1, -0.05) is 53.5 Å². The molecule has 12 heteroatoms. The number of nitrogens with one attached hydrogen (secondary N) is 1. The smallest absolute Gasteiger partial charge is 0.348 e. The first-order chi connectivity index (χ1) is 18.4. The molecule has 0 unspecified atom stereocenters. The number of hydrogen-bond donors (Lipinski definition) is 1. The van der Waals surface area contributed by atoms with Crippen molar-refractivity contribution in [2.75, 3.05) is 31.1 Å². The van der Waals surface area contributed by atoms with Gasteiger partial charge in [-0.15, -0.1) is 0 Å². The van der Waals surface area contributed by atoms with Crippen LogP contribution < -0.4 is 10.6 Å². The number of piperazine rings is 1. The molecule has 38 heavy (non-hydrogen) atoms. The highest BCUT2D eigenvalue weighted by Gasteiger charge is 2.25. The Morgan fingerprint density at radius 1 is 1.03 bits per heavy atom. The van der Waals surface area contributed by atoms with Crippen LogP contribution in [0.3, 0.4) is 0 Å². The summed E-state index contributed by atoms with van der Waals surface area (Å²) in [4.78, 5) is 37.8. The number of fused-ring (bicyclic) bond motifs is 2. The summed E-state index contributed by atoms with van der Waals surface area (Å²) >= 11 is 12.1. The molecule has 5 aromatic rings. The van der Waals surface area contributed by atoms with Crippen LogP contribution in [0.5, 0.6) is 0 Å². The molecule has 1 saturated heterocycles. The quantitative estimate of drug-likeness (QED) is 0.363. The first-order valence-electron chi connectivity index (χ1n) is 11.9. The third-order valence-electron chi connectivity index (χ3n) is 6.67. The van der Waals surface area contributed by atoms with Crippen LogP contribution in [0.15, 0.2) is 59.5 Å². The van der Waals surface area contributed by atoms with E-state index in [1.165, 1.54) is 12.1 Å². The van der Waals surface area contributed by atoms with Crippen LogP contribution >= 0.6 is 23.2 Å². The Morgan fingerprint density at radius 2 is 1.79 bits per heavy atom. The lowest BCUT2D eigenvalue weighted by molar-refractivity contribution is 0.0741. The van der Waals surface area contributed by atoms with Crippen molar-refractivity contribution in [2.45, 2.75) is 6.42 Å². The monoisotopic (exact) mass is 551 g/mol. The predicted octanol–water partition coefficient (Wildman–Crippen LogP) is 3.96. The van der Waals surface area contributed by atoms with Gasteiger partial charge in [0.2, 0.25) is 0 Å². The summed E-state index contributed by atoms with van der Waals surface area (Å²) < 4.78 is 15.9. The minimum atomic E-state index is -0.608. The molecule has 4 heterocycles. The summed E-state index contributed by atoms with van der Waals surface area (Å²) in [6.45, 7) is 2.03. The molecule has 0 aliphatic carbocycles. The zero-order valence-electron chi connectivity index (χ0n) is 19.9. The van der Waals surface area contributed by atoms with E-state index in [4.69, 9.17) is 23.2 Å². The zero-order chi connectivity index (χ0) is 26.4. The van der Waals surface area contributed by atoms with Crippen LogP contribution in [0.25, 0.3) is 16.4 Å². The number of halogens is 3. The first kappa shape index (κ1) is 24.3. The maximum Gasteiger partial charge on any atom is 0.348 e. The zero-order valence-corrected chi connectivity index (χ0v) is 21.4. The molecule has 1 N–H and O–H groups in total. The van der Waals surface area contributed by atoms with Crippen LogP contribution in [0.4, 0.5) is 10.2 Å². The van der Waals surface area contributed by atoms with Gasteiger partial charge >= 0.3 is 5.69 Å². The average Bonchev–Trinajstić information content (AvgIpc) is 3.25. The van der Waals surface area contributed by atoms with E-state index in [9.17, 15) is 14.0 Å². The van der Waals surface area contributed by atoms with Gasteiger partial charge in [0, 0.05) is 44.2 Å². The lowest BCUT2D eigenvalue weighted by Gasteiger charge is -2.35. The molecule has 9 nitrogen and oxygen atoms in total. The lowest BCUT2D eigenvalue weighted by Crippen LogP contribution is -2.49. The van der Waals surface area contributed by atoms with Crippen molar-refractivity contribution in [3.8, 4) is 0 Å². The van der Waals surface area contributed by atoms with E-state index in [1.807, 2.05) is 36.5 Å². The van der Waals surface area contributed by atoms with Gasteiger partial charge in [0.1, 0.15) is 17.3 Å². The number of carbonyl (C=O) groups is 1. The van der Waals surface area contributed by atoms with E-state index in [0.717, 1.165) is 21.0 Å². The van der Waals surface area contributed by atoms with Gasteiger partial charge in [-0.05, 0) is 29.1 Å². The fraction of sp³-hybridized carbons (Fsp3) is 0.192. The third kappa shape index (κ3) is 4.35. The Hall–Kier alpha value is -4.02. The van der Waals surface area contributed by atoms with Crippen LogP contribution in [0, 0.1) is 5.82 Å². The fourth-order valence-electron chi connectivity index (χ4n) is 4.68. The van der Waals surface area contributed by atoms with Crippen molar-refractivity contribution >= 4 is 51.3 Å². The van der Waals surface area contributed by atoms with Gasteiger partial charge in [-0.2, -0.15) is 5.10 Å². The number of H-pyrrole nitrogens is 1. The van der Waals surface area contributed by atoms with Gasteiger partial charge in [0.25, 0.3) is 5.91 Å². The number of amides is 1. The summed E-state index contributed by atoms with van der Waals surface area (Å²) in [5.74, 6) is -0.145. The molecule has 2 aromatic carbocycles. The first-order valence-corrected chi connectivity index (χ1v) is 12.6. The minimum Gasteiger partial charge on any atom is -0.353 e. The number of imidazole rings is 1. The van der Waals surface area contributed by atoms with Crippen molar-refractivity contribution in [3.05, 3.63) is 98.2 Å². The second kappa shape index (κ2) is 9.70. The second-order valence-corrected chi connectivity index (χ2v) is 9.70. The molecule has 0 atom stereocenters. The largest absolute Gasteiger partial charge is 0.353 e.